The molecule has 2 aromatic rings. The van der Waals surface area contributed by atoms with Crippen LogP contribution in [0.5, 0.6) is 11.5 Å². The molecule has 0 aliphatic carbocycles. The van der Waals surface area contributed by atoms with Gasteiger partial charge in [-0.3, -0.25) is 5.10 Å². The first-order valence-electron chi connectivity index (χ1n) is 6.65. The number of ether oxygens (including phenoxy) is 2. The van der Waals surface area contributed by atoms with Crippen molar-refractivity contribution in [3.05, 3.63) is 24.3 Å². The van der Waals surface area contributed by atoms with E-state index in [1.54, 1.807) is 14.2 Å². The molecule has 20 heavy (non-hydrogen) atoms. The fourth-order valence-corrected chi connectivity index (χ4v) is 1.87. The van der Waals surface area contributed by atoms with Crippen LogP contribution in [0.3, 0.4) is 0 Å². The minimum Gasteiger partial charge on any atom is -0.493 e. The maximum atomic E-state index is 5.31. The smallest absolute Gasteiger partial charge is 0.161 e. The lowest BCUT2D eigenvalue weighted by molar-refractivity contribution is 0.355. The van der Waals surface area contributed by atoms with E-state index in [2.05, 4.69) is 29.4 Å². The van der Waals surface area contributed by atoms with Crippen molar-refractivity contribution in [2.45, 2.75) is 13.8 Å². The molecule has 0 fully saturated rings. The van der Waals surface area contributed by atoms with Crippen molar-refractivity contribution in [2.75, 3.05) is 26.1 Å². The number of nitrogens with one attached hydrogen (secondary N) is 2. The minimum absolute atomic E-state index is 0.580. The summed E-state index contributed by atoms with van der Waals surface area (Å²) in [6, 6.07) is 7.78. The van der Waals surface area contributed by atoms with E-state index in [1.165, 1.54) is 0 Å². The molecule has 2 N–H and O–H groups in total. The number of methoxy groups -OCH3 is 2. The highest BCUT2D eigenvalue weighted by Gasteiger charge is 2.08. The van der Waals surface area contributed by atoms with Crippen LogP contribution in [0.25, 0.3) is 11.3 Å². The normalized spacial score (nSPS) is 10.7. The molecule has 0 aliphatic heterocycles. The van der Waals surface area contributed by atoms with Gasteiger partial charge in [-0.2, -0.15) is 5.10 Å². The molecule has 2 rings (SSSR count). The summed E-state index contributed by atoms with van der Waals surface area (Å²) >= 11 is 0. The highest BCUT2D eigenvalue weighted by molar-refractivity contribution is 5.66. The zero-order valence-electron chi connectivity index (χ0n) is 12.4. The summed E-state index contributed by atoms with van der Waals surface area (Å²) in [6.45, 7) is 5.22. The van der Waals surface area contributed by atoms with Gasteiger partial charge in [0.25, 0.3) is 0 Å². The number of aromatic amines is 1. The molecule has 1 aromatic carbocycles. The summed E-state index contributed by atoms with van der Waals surface area (Å²) < 4.78 is 10.5. The van der Waals surface area contributed by atoms with Crippen molar-refractivity contribution in [3.8, 4) is 22.8 Å². The van der Waals surface area contributed by atoms with E-state index in [-0.39, 0.29) is 0 Å². The Balaban J connectivity index is 2.19. The van der Waals surface area contributed by atoms with E-state index in [0.29, 0.717) is 17.4 Å². The SMILES string of the molecule is COc1ccc(-c2cc(NCC(C)C)n[nH]2)cc1OC. The van der Waals surface area contributed by atoms with Gasteiger partial charge in [0.1, 0.15) is 5.82 Å². The van der Waals surface area contributed by atoms with E-state index in [0.717, 1.165) is 23.6 Å². The Morgan fingerprint density at radius 3 is 2.55 bits per heavy atom. The highest BCUT2D eigenvalue weighted by Crippen LogP contribution is 2.32. The second-order valence-corrected chi connectivity index (χ2v) is 5.01. The van der Waals surface area contributed by atoms with Crippen LogP contribution >= 0.6 is 0 Å². The number of nitrogens with zero attached hydrogens (tertiary/aromatic N) is 1. The van der Waals surface area contributed by atoms with Gasteiger partial charge < -0.3 is 14.8 Å². The summed E-state index contributed by atoms with van der Waals surface area (Å²) in [6.07, 6.45) is 0. The van der Waals surface area contributed by atoms with Crippen molar-refractivity contribution >= 4 is 5.82 Å². The summed E-state index contributed by atoms with van der Waals surface area (Å²) in [7, 11) is 3.26. The summed E-state index contributed by atoms with van der Waals surface area (Å²) in [5.41, 5.74) is 1.95. The molecule has 0 radical (unpaired) electrons. The number of anilines is 1. The molecule has 0 amide bonds. The van der Waals surface area contributed by atoms with Gasteiger partial charge in [-0.25, -0.2) is 0 Å². The topological polar surface area (TPSA) is 59.2 Å². The molecule has 5 nitrogen and oxygen atoms in total. The molecule has 1 aromatic heterocycles. The molecule has 0 aliphatic rings. The fraction of sp³-hybridized carbons (Fsp3) is 0.400. The Kier molecular flexibility index (Phi) is 4.50. The summed E-state index contributed by atoms with van der Waals surface area (Å²) in [4.78, 5) is 0. The van der Waals surface area contributed by atoms with Gasteiger partial charge in [0.2, 0.25) is 0 Å². The molecule has 0 unspecified atom stereocenters. The Labute approximate surface area is 119 Å². The summed E-state index contributed by atoms with van der Waals surface area (Å²) in [5.74, 6) is 2.85. The molecule has 0 spiro atoms. The van der Waals surface area contributed by atoms with E-state index < -0.39 is 0 Å². The van der Waals surface area contributed by atoms with Crippen molar-refractivity contribution in [1.82, 2.24) is 10.2 Å². The second kappa shape index (κ2) is 6.32. The molecule has 1 heterocycles. The third kappa shape index (κ3) is 3.23. The van der Waals surface area contributed by atoms with Gasteiger partial charge in [0.05, 0.1) is 19.9 Å². The Morgan fingerprint density at radius 1 is 1.15 bits per heavy atom. The van der Waals surface area contributed by atoms with Crippen LogP contribution in [-0.4, -0.2) is 31.0 Å². The molecule has 0 saturated heterocycles. The number of hydrogen-bond donors (Lipinski definition) is 2. The van der Waals surface area contributed by atoms with Crippen molar-refractivity contribution < 1.29 is 9.47 Å². The molecule has 0 saturated carbocycles. The van der Waals surface area contributed by atoms with Gasteiger partial charge in [-0.15, -0.1) is 0 Å². The van der Waals surface area contributed by atoms with Gasteiger partial charge in [-0.05, 0) is 24.1 Å². The van der Waals surface area contributed by atoms with E-state index in [9.17, 15) is 0 Å². The van der Waals surface area contributed by atoms with Crippen molar-refractivity contribution in [2.24, 2.45) is 5.92 Å². The number of rotatable bonds is 6. The van der Waals surface area contributed by atoms with Gasteiger partial charge >= 0.3 is 0 Å². The minimum atomic E-state index is 0.580. The molecular weight excluding hydrogens is 254 g/mol. The van der Waals surface area contributed by atoms with Crippen LogP contribution in [0, 0.1) is 5.92 Å². The number of H-pyrrole nitrogens is 1. The largest absolute Gasteiger partial charge is 0.493 e. The first-order chi connectivity index (χ1) is 9.63. The van der Waals surface area contributed by atoms with Crippen LogP contribution < -0.4 is 14.8 Å². The van der Waals surface area contributed by atoms with Gasteiger partial charge in [0, 0.05) is 18.2 Å². The molecule has 5 heteroatoms. The summed E-state index contributed by atoms with van der Waals surface area (Å²) in [5, 5.41) is 10.6. The van der Waals surface area contributed by atoms with Crippen LogP contribution in [0.2, 0.25) is 0 Å². The van der Waals surface area contributed by atoms with Crippen molar-refractivity contribution in [1.29, 1.82) is 0 Å². The first kappa shape index (κ1) is 14.2. The molecule has 108 valence electrons. The van der Waals surface area contributed by atoms with Gasteiger partial charge in [-0.1, -0.05) is 13.8 Å². The lowest BCUT2D eigenvalue weighted by Gasteiger charge is -2.08. The third-order valence-corrected chi connectivity index (χ3v) is 2.96. The van der Waals surface area contributed by atoms with Crippen LogP contribution in [0.15, 0.2) is 24.3 Å². The predicted octanol–water partition coefficient (Wildman–Crippen LogP) is 3.16. The van der Waals surface area contributed by atoms with Crippen LogP contribution in [-0.2, 0) is 0 Å². The fourth-order valence-electron chi connectivity index (χ4n) is 1.87. The zero-order valence-corrected chi connectivity index (χ0v) is 12.4. The van der Waals surface area contributed by atoms with Crippen molar-refractivity contribution in [3.63, 3.8) is 0 Å². The number of hydrogen-bond acceptors (Lipinski definition) is 4. The predicted molar refractivity (Wildman–Crippen MR) is 80.5 cm³/mol. The average molecular weight is 275 g/mol. The van der Waals surface area contributed by atoms with E-state index in [1.807, 2.05) is 24.3 Å². The quantitative estimate of drug-likeness (QED) is 0.850. The monoisotopic (exact) mass is 275 g/mol. The molecule has 0 atom stereocenters. The van der Waals surface area contributed by atoms with Crippen LogP contribution in [0.1, 0.15) is 13.8 Å². The Morgan fingerprint density at radius 2 is 1.90 bits per heavy atom. The standard InChI is InChI=1S/C15H21N3O2/c1-10(2)9-16-15-8-12(17-18-15)11-5-6-13(19-3)14(7-11)20-4/h5-8,10H,9H2,1-4H3,(H2,16,17,18). The Bertz CT molecular complexity index is 564. The van der Waals surface area contributed by atoms with E-state index >= 15 is 0 Å². The zero-order chi connectivity index (χ0) is 14.5. The number of benzene rings is 1. The lowest BCUT2D eigenvalue weighted by Crippen LogP contribution is -2.07. The highest BCUT2D eigenvalue weighted by atomic mass is 16.5. The second-order valence-electron chi connectivity index (χ2n) is 5.01. The molecular formula is C15H21N3O2. The van der Waals surface area contributed by atoms with E-state index in [4.69, 9.17) is 9.47 Å². The Hall–Kier alpha value is -2.17. The first-order valence-corrected chi connectivity index (χ1v) is 6.65. The number of aromatic nitrogens is 2. The van der Waals surface area contributed by atoms with Gasteiger partial charge in [0.15, 0.2) is 11.5 Å². The lowest BCUT2D eigenvalue weighted by atomic mass is 10.1. The third-order valence-electron chi connectivity index (χ3n) is 2.96. The maximum Gasteiger partial charge on any atom is 0.161 e. The molecule has 0 bridgehead atoms. The average Bonchev–Trinajstić information content (AvgIpc) is 2.93. The van der Waals surface area contributed by atoms with Crippen LogP contribution in [0.4, 0.5) is 5.82 Å². The maximum absolute atomic E-state index is 5.31.